The van der Waals surface area contributed by atoms with Crippen LogP contribution in [0, 0.1) is 11.8 Å². The van der Waals surface area contributed by atoms with Crippen molar-refractivity contribution in [2.75, 3.05) is 11.9 Å². The van der Waals surface area contributed by atoms with Crippen LogP contribution in [0.4, 0.5) is 5.13 Å². The van der Waals surface area contributed by atoms with Crippen LogP contribution in [0.2, 0.25) is 10.0 Å². The van der Waals surface area contributed by atoms with Crippen molar-refractivity contribution in [3.05, 3.63) is 57.4 Å². The first-order valence-electron chi connectivity index (χ1n) is 9.50. The molecule has 3 rings (SSSR count). The Morgan fingerprint density at radius 2 is 2.00 bits per heavy atom. The molecule has 2 N–H and O–H groups in total. The van der Waals surface area contributed by atoms with Gasteiger partial charge in [0, 0.05) is 35.3 Å². The molecule has 1 atom stereocenters. The molecule has 2 heterocycles. The number of hydrogen-bond acceptors (Lipinski definition) is 6. The standard InChI is InChI=1S/C21H22Cl2N4O2S/c1-12(2)7-18-19(13-3-4-16(22)17(23)9-13)27-21(30-18)25-10-14(20(28)29)8-15-5-6-24-11-26-15/h3-6,9,11-12,14H,7-8,10H2,1-2H3,(H,25,27)(H,28,29). The number of carbonyl (C=O) groups is 1. The van der Waals surface area contributed by atoms with E-state index in [4.69, 9.17) is 28.2 Å². The average Bonchev–Trinajstić information content (AvgIpc) is 3.09. The number of nitrogens with zero attached hydrogens (tertiary/aromatic N) is 3. The van der Waals surface area contributed by atoms with Gasteiger partial charge in [-0.05, 0) is 30.5 Å². The fraction of sp³-hybridized carbons (Fsp3) is 0.333. The average molecular weight is 465 g/mol. The maximum atomic E-state index is 11.7. The number of hydrogen-bond donors (Lipinski definition) is 2. The highest BCUT2D eigenvalue weighted by molar-refractivity contribution is 7.16. The Balaban J connectivity index is 1.80. The van der Waals surface area contributed by atoms with Gasteiger partial charge in [0.05, 0.1) is 21.7 Å². The van der Waals surface area contributed by atoms with Crippen LogP contribution < -0.4 is 5.32 Å². The van der Waals surface area contributed by atoms with Crippen molar-refractivity contribution in [2.24, 2.45) is 11.8 Å². The second-order valence-corrected chi connectivity index (χ2v) is 9.24. The lowest BCUT2D eigenvalue weighted by Gasteiger charge is -2.12. The van der Waals surface area contributed by atoms with E-state index in [1.165, 1.54) is 17.7 Å². The molecule has 9 heteroatoms. The number of thiazole rings is 1. The van der Waals surface area contributed by atoms with Crippen LogP contribution in [0.1, 0.15) is 24.4 Å². The molecule has 2 aromatic heterocycles. The molecule has 0 radical (unpaired) electrons. The Morgan fingerprint density at radius 3 is 2.63 bits per heavy atom. The van der Waals surface area contributed by atoms with Crippen LogP contribution in [0.25, 0.3) is 11.3 Å². The third-order valence-electron chi connectivity index (χ3n) is 4.43. The quantitative estimate of drug-likeness (QED) is 0.436. The van der Waals surface area contributed by atoms with Gasteiger partial charge in [0.25, 0.3) is 0 Å². The van der Waals surface area contributed by atoms with Crippen molar-refractivity contribution in [1.29, 1.82) is 0 Å². The molecule has 6 nitrogen and oxygen atoms in total. The minimum atomic E-state index is -0.884. The third kappa shape index (κ3) is 5.90. The van der Waals surface area contributed by atoms with Crippen molar-refractivity contribution in [3.63, 3.8) is 0 Å². The lowest BCUT2D eigenvalue weighted by atomic mass is 10.0. The second-order valence-electron chi connectivity index (χ2n) is 7.34. The van der Waals surface area contributed by atoms with Gasteiger partial charge in [0.15, 0.2) is 5.13 Å². The molecule has 158 valence electrons. The molecule has 0 aliphatic carbocycles. The molecule has 0 amide bonds. The van der Waals surface area contributed by atoms with Crippen LogP contribution in [-0.4, -0.2) is 32.6 Å². The molecule has 30 heavy (non-hydrogen) atoms. The molecule has 0 aliphatic heterocycles. The highest BCUT2D eigenvalue weighted by Crippen LogP contribution is 2.35. The van der Waals surface area contributed by atoms with E-state index in [-0.39, 0.29) is 6.54 Å². The van der Waals surface area contributed by atoms with Crippen LogP contribution in [0.15, 0.2) is 36.8 Å². The zero-order valence-corrected chi connectivity index (χ0v) is 18.9. The molecule has 0 aliphatic rings. The number of halogens is 2. The number of benzene rings is 1. The number of carboxylic acid groups (broad SMARTS) is 1. The van der Waals surface area contributed by atoms with Gasteiger partial charge in [-0.2, -0.15) is 0 Å². The minimum absolute atomic E-state index is 0.245. The number of aliphatic carboxylic acids is 1. The topological polar surface area (TPSA) is 88.0 Å². The number of aromatic nitrogens is 3. The van der Waals surface area contributed by atoms with Gasteiger partial charge in [-0.25, -0.2) is 15.0 Å². The van der Waals surface area contributed by atoms with E-state index in [1.807, 2.05) is 12.1 Å². The molecular formula is C21H22Cl2N4O2S. The monoisotopic (exact) mass is 464 g/mol. The van der Waals surface area contributed by atoms with Crippen molar-refractivity contribution in [1.82, 2.24) is 15.0 Å². The van der Waals surface area contributed by atoms with Crippen molar-refractivity contribution >= 4 is 45.6 Å². The molecule has 0 bridgehead atoms. The first-order valence-corrected chi connectivity index (χ1v) is 11.1. The smallest absolute Gasteiger partial charge is 0.308 e. The molecule has 0 fully saturated rings. The minimum Gasteiger partial charge on any atom is -0.481 e. The van der Waals surface area contributed by atoms with Crippen LogP contribution in [-0.2, 0) is 17.6 Å². The summed E-state index contributed by atoms with van der Waals surface area (Å²) in [6.07, 6.45) is 4.20. The molecule has 0 spiro atoms. The van der Waals surface area contributed by atoms with E-state index >= 15 is 0 Å². The highest BCUT2D eigenvalue weighted by Gasteiger charge is 2.21. The van der Waals surface area contributed by atoms with Crippen molar-refractivity contribution in [2.45, 2.75) is 26.7 Å². The van der Waals surface area contributed by atoms with E-state index in [2.05, 4.69) is 29.1 Å². The molecular weight excluding hydrogens is 443 g/mol. The molecule has 1 aromatic carbocycles. The lowest BCUT2D eigenvalue weighted by molar-refractivity contribution is -0.141. The first kappa shape index (κ1) is 22.5. The summed E-state index contributed by atoms with van der Waals surface area (Å²) >= 11 is 13.8. The third-order valence-corrected chi connectivity index (χ3v) is 6.21. The Bertz CT molecular complexity index is 1010. The summed E-state index contributed by atoms with van der Waals surface area (Å²) in [7, 11) is 0. The Morgan fingerprint density at radius 1 is 1.20 bits per heavy atom. The van der Waals surface area contributed by atoms with E-state index in [9.17, 15) is 9.90 Å². The SMILES string of the molecule is CC(C)Cc1sc(NCC(Cc2ccncn2)C(=O)O)nc1-c1ccc(Cl)c(Cl)c1. The summed E-state index contributed by atoms with van der Waals surface area (Å²) in [6, 6.07) is 7.18. The van der Waals surface area contributed by atoms with Gasteiger partial charge in [-0.15, -0.1) is 11.3 Å². The number of nitrogens with one attached hydrogen (secondary N) is 1. The zero-order chi connectivity index (χ0) is 21.7. The second kappa shape index (κ2) is 10.2. The van der Waals surface area contributed by atoms with Gasteiger partial charge < -0.3 is 10.4 Å². The first-order chi connectivity index (χ1) is 14.3. The zero-order valence-electron chi connectivity index (χ0n) is 16.6. The van der Waals surface area contributed by atoms with Crippen LogP contribution in [0.5, 0.6) is 0 Å². The number of carboxylic acids is 1. The van der Waals surface area contributed by atoms with E-state index in [1.54, 1.807) is 18.3 Å². The van der Waals surface area contributed by atoms with E-state index < -0.39 is 11.9 Å². The van der Waals surface area contributed by atoms with Gasteiger partial charge in [-0.1, -0.05) is 43.1 Å². The van der Waals surface area contributed by atoms with Crippen LogP contribution >= 0.6 is 34.5 Å². The summed E-state index contributed by atoms with van der Waals surface area (Å²) in [4.78, 5) is 25.5. The van der Waals surface area contributed by atoms with Crippen molar-refractivity contribution < 1.29 is 9.90 Å². The predicted octanol–water partition coefficient (Wildman–Crippen LogP) is 5.46. The Hall–Kier alpha value is -2.22. The summed E-state index contributed by atoms with van der Waals surface area (Å²) in [5.41, 5.74) is 2.42. The lowest BCUT2D eigenvalue weighted by Crippen LogP contribution is -2.25. The van der Waals surface area contributed by atoms with Crippen LogP contribution in [0.3, 0.4) is 0 Å². The van der Waals surface area contributed by atoms with E-state index in [0.717, 1.165) is 22.6 Å². The summed E-state index contributed by atoms with van der Waals surface area (Å²) < 4.78 is 0. The van der Waals surface area contributed by atoms with E-state index in [0.29, 0.717) is 33.2 Å². The summed E-state index contributed by atoms with van der Waals surface area (Å²) in [6.45, 7) is 4.54. The normalized spacial score (nSPS) is 12.2. The highest BCUT2D eigenvalue weighted by atomic mass is 35.5. The van der Waals surface area contributed by atoms with Gasteiger partial charge in [0.1, 0.15) is 6.33 Å². The van der Waals surface area contributed by atoms with Gasteiger partial charge in [-0.3, -0.25) is 4.79 Å². The molecule has 3 aromatic rings. The number of rotatable bonds is 9. The molecule has 0 saturated carbocycles. The Kier molecular flexibility index (Phi) is 7.64. The fourth-order valence-corrected chi connectivity index (χ4v) is 4.45. The number of anilines is 1. The predicted molar refractivity (Wildman–Crippen MR) is 121 cm³/mol. The van der Waals surface area contributed by atoms with Gasteiger partial charge >= 0.3 is 5.97 Å². The largest absolute Gasteiger partial charge is 0.481 e. The molecule has 0 saturated heterocycles. The molecule has 1 unspecified atom stereocenters. The summed E-state index contributed by atoms with van der Waals surface area (Å²) in [5, 5.41) is 14.4. The van der Waals surface area contributed by atoms with Gasteiger partial charge in [0.2, 0.25) is 0 Å². The maximum absolute atomic E-state index is 11.7. The van der Waals surface area contributed by atoms with Crippen molar-refractivity contribution in [3.8, 4) is 11.3 Å². The maximum Gasteiger partial charge on any atom is 0.308 e. The fourth-order valence-electron chi connectivity index (χ4n) is 2.95. The summed E-state index contributed by atoms with van der Waals surface area (Å²) in [5.74, 6) is -1.07. The Labute approximate surface area is 189 Å².